The van der Waals surface area contributed by atoms with Crippen molar-refractivity contribution < 1.29 is 18.7 Å². The van der Waals surface area contributed by atoms with Crippen LogP contribution < -0.4 is 5.32 Å². The van der Waals surface area contributed by atoms with E-state index in [0.717, 1.165) is 0 Å². The molecule has 1 amide bonds. The maximum Gasteiger partial charge on any atom is 0.340 e. The maximum absolute atomic E-state index is 13.6. The Morgan fingerprint density at radius 1 is 1.12 bits per heavy atom. The number of carbonyl (C=O) groups is 2. The van der Waals surface area contributed by atoms with Crippen LogP contribution in [0.15, 0.2) is 54.9 Å². The van der Waals surface area contributed by atoms with Crippen molar-refractivity contribution in [1.82, 2.24) is 20.2 Å². The van der Waals surface area contributed by atoms with Gasteiger partial charge in [0.25, 0.3) is 0 Å². The lowest BCUT2D eigenvalue weighted by molar-refractivity contribution is -0.116. The second kappa shape index (κ2) is 7.97. The van der Waals surface area contributed by atoms with E-state index in [0.29, 0.717) is 0 Å². The number of rotatable bonds is 6. The first-order valence-electron chi connectivity index (χ1n) is 7.63. The van der Waals surface area contributed by atoms with Crippen LogP contribution in [0.3, 0.4) is 0 Å². The van der Waals surface area contributed by atoms with Gasteiger partial charge >= 0.3 is 5.97 Å². The molecule has 1 heterocycles. The van der Waals surface area contributed by atoms with Crippen molar-refractivity contribution in [2.24, 2.45) is 0 Å². The standard InChI is InChI=1S/C17H14FN5O3/c18-14-7-3-1-5-12(14)10-26-17(25)13-6-2-4-8-15(13)20-16(24)9-23-11-19-21-22-23/h1-8,11H,9-10H2,(H,20,24). The number of aromatic nitrogens is 4. The number of nitrogens with zero attached hydrogens (tertiary/aromatic N) is 4. The van der Waals surface area contributed by atoms with Gasteiger partial charge in [-0.2, -0.15) is 0 Å². The summed E-state index contributed by atoms with van der Waals surface area (Å²) in [5, 5.41) is 13.1. The van der Waals surface area contributed by atoms with Crippen molar-refractivity contribution in [2.75, 3.05) is 5.32 Å². The van der Waals surface area contributed by atoms with Gasteiger partial charge in [0.15, 0.2) is 0 Å². The van der Waals surface area contributed by atoms with E-state index in [9.17, 15) is 14.0 Å². The van der Waals surface area contributed by atoms with E-state index in [1.807, 2.05) is 0 Å². The lowest BCUT2D eigenvalue weighted by atomic mass is 10.1. The zero-order valence-electron chi connectivity index (χ0n) is 13.5. The average molecular weight is 355 g/mol. The summed E-state index contributed by atoms with van der Waals surface area (Å²) < 4.78 is 20.0. The fraction of sp³-hybridized carbons (Fsp3) is 0.118. The van der Waals surface area contributed by atoms with E-state index in [-0.39, 0.29) is 30.0 Å². The van der Waals surface area contributed by atoms with E-state index >= 15 is 0 Å². The molecule has 1 N–H and O–H groups in total. The largest absolute Gasteiger partial charge is 0.457 e. The van der Waals surface area contributed by atoms with E-state index in [1.165, 1.54) is 29.2 Å². The molecule has 0 radical (unpaired) electrons. The number of hydrogen-bond donors (Lipinski definition) is 1. The number of esters is 1. The zero-order valence-corrected chi connectivity index (χ0v) is 13.5. The highest BCUT2D eigenvalue weighted by molar-refractivity contribution is 6.01. The Balaban J connectivity index is 1.67. The number of para-hydroxylation sites is 1. The molecule has 132 valence electrons. The molecule has 0 atom stereocenters. The molecule has 3 aromatic rings. The molecule has 2 aromatic carbocycles. The highest BCUT2D eigenvalue weighted by atomic mass is 19.1. The monoisotopic (exact) mass is 355 g/mol. The molecule has 0 spiro atoms. The molecule has 26 heavy (non-hydrogen) atoms. The molecule has 0 unspecified atom stereocenters. The van der Waals surface area contributed by atoms with Crippen LogP contribution in [-0.2, 0) is 22.7 Å². The molecular formula is C17H14FN5O3. The molecule has 1 aromatic heterocycles. The predicted octanol–water partition coefficient (Wildman–Crippen LogP) is 1.81. The van der Waals surface area contributed by atoms with Crippen molar-refractivity contribution >= 4 is 17.6 Å². The number of ether oxygens (including phenoxy) is 1. The second-order valence-electron chi connectivity index (χ2n) is 5.27. The SMILES string of the molecule is O=C(Cn1cnnn1)Nc1ccccc1C(=O)OCc1ccccc1F. The Labute approximate surface area is 147 Å². The molecule has 0 aliphatic heterocycles. The molecule has 0 aliphatic carbocycles. The molecular weight excluding hydrogens is 341 g/mol. The summed E-state index contributed by atoms with van der Waals surface area (Å²) in [4.78, 5) is 24.4. The van der Waals surface area contributed by atoms with Crippen molar-refractivity contribution in [2.45, 2.75) is 13.2 Å². The van der Waals surface area contributed by atoms with Crippen molar-refractivity contribution in [3.63, 3.8) is 0 Å². The highest BCUT2D eigenvalue weighted by Crippen LogP contribution is 2.17. The van der Waals surface area contributed by atoms with Crippen LogP contribution in [-0.4, -0.2) is 32.1 Å². The van der Waals surface area contributed by atoms with Crippen LogP contribution in [0.2, 0.25) is 0 Å². The Bertz CT molecular complexity index is 914. The molecule has 0 saturated carbocycles. The van der Waals surface area contributed by atoms with Gasteiger partial charge in [-0.3, -0.25) is 4.79 Å². The molecule has 0 fully saturated rings. The van der Waals surface area contributed by atoms with E-state index < -0.39 is 17.7 Å². The first kappa shape index (κ1) is 17.2. The average Bonchev–Trinajstić information content (AvgIpc) is 3.14. The summed E-state index contributed by atoms with van der Waals surface area (Å²) in [5.41, 5.74) is 0.707. The van der Waals surface area contributed by atoms with Crippen LogP contribution in [0, 0.1) is 5.82 Å². The fourth-order valence-corrected chi connectivity index (χ4v) is 2.20. The number of anilines is 1. The first-order chi connectivity index (χ1) is 12.6. The van der Waals surface area contributed by atoms with E-state index in [2.05, 4.69) is 20.8 Å². The third kappa shape index (κ3) is 4.26. The van der Waals surface area contributed by atoms with Gasteiger partial charge in [0.1, 0.15) is 25.3 Å². The molecule has 0 bridgehead atoms. The zero-order chi connectivity index (χ0) is 18.4. The Hall–Kier alpha value is -3.62. The van der Waals surface area contributed by atoms with Gasteiger partial charge in [-0.05, 0) is 28.6 Å². The van der Waals surface area contributed by atoms with Crippen molar-refractivity contribution in [1.29, 1.82) is 0 Å². The smallest absolute Gasteiger partial charge is 0.340 e. The molecule has 0 saturated heterocycles. The van der Waals surface area contributed by atoms with Gasteiger partial charge < -0.3 is 10.1 Å². The summed E-state index contributed by atoms with van der Waals surface area (Å²) in [6.07, 6.45) is 1.30. The maximum atomic E-state index is 13.6. The number of halogens is 1. The van der Waals surface area contributed by atoms with Crippen molar-refractivity contribution in [3.05, 3.63) is 71.8 Å². The Morgan fingerprint density at radius 3 is 2.65 bits per heavy atom. The summed E-state index contributed by atoms with van der Waals surface area (Å²) in [7, 11) is 0. The minimum absolute atomic E-state index is 0.106. The third-order valence-electron chi connectivity index (χ3n) is 3.43. The van der Waals surface area contributed by atoms with Crippen molar-refractivity contribution in [3.8, 4) is 0 Å². The lowest BCUT2D eigenvalue weighted by Gasteiger charge is -2.11. The lowest BCUT2D eigenvalue weighted by Crippen LogP contribution is -2.21. The van der Waals surface area contributed by atoms with Crippen LogP contribution >= 0.6 is 0 Å². The molecule has 3 rings (SSSR count). The van der Waals surface area contributed by atoms with Gasteiger partial charge in [-0.25, -0.2) is 13.9 Å². The normalized spacial score (nSPS) is 10.3. The van der Waals surface area contributed by atoms with Crippen LogP contribution in [0.25, 0.3) is 0 Å². The van der Waals surface area contributed by atoms with Gasteiger partial charge in [0.2, 0.25) is 5.91 Å². The number of carbonyl (C=O) groups excluding carboxylic acids is 2. The number of nitrogens with one attached hydrogen (secondary N) is 1. The van der Waals surface area contributed by atoms with Gasteiger partial charge in [0.05, 0.1) is 11.3 Å². The van der Waals surface area contributed by atoms with Crippen LogP contribution in [0.5, 0.6) is 0 Å². The molecule has 0 aliphatic rings. The second-order valence-corrected chi connectivity index (χ2v) is 5.27. The summed E-state index contributed by atoms with van der Waals surface area (Å²) in [6, 6.07) is 12.4. The highest BCUT2D eigenvalue weighted by Gasteiger charge is 2.15. The number of tetrazole rings is 1. The molecule has 8 nitrogen and oxygen atoms in total. The number of amides is 1. The molecule has 9 heteroatoms. The summed E-state index contributed by atoms with van der Waals surface area (Å²) >= 11 is 0. The quantitative estimate of drug-likeness (QED) is 0.677. The fourth-order valence-electron chi connectivity index (χ4n) is 2.20. The number of hydrogen-bond acceptors (Lipinski definition) is 6. The Morgan fingerprint density at radius 2 is 1.88 bits per heavy atom. The number of benzene rings is 2. The van der Waals surface area contributed by atoms with E-state index in [1.54, 1.807) is 30.3 Å². The van der Waals surface area contributed by atoms with Gasteiger partial charge in [-0.1, -0.05) is 30.3 Å². The minimum Gasteiger partial charge on any atom is -0.457 e. The predicted molar refractivity (Wildman–Crippen MR) is 88.4 cm³/mol. The van der Waals surface area contributed by atoms with Gasteiger partial charge in [0, 0.05) is 5.56 Å². The first-order valence-corrected chi connectivity index (χ1v) is 7.63. The topological polar surface area (TPSA) is 99.0 Å². The van der Waals surface area contributed by atoms with Gasteiger partial charge in [-0.15, -0.1) is 5.10 Å². The van der Waals surface area contributed by atoms with Crippen LogP contribution in [0.4, 0.5) is 10.1 Å². The summed E-state index contributed by atoms with van der Waals surface area (Å²) in [5.74, 6) is -1.54. The third-order valence-corrected chi connectivity index (χ3v) is 3.43. The Kier molecular flexibility index (Phi) is 5.28. The minimum atomic E-state index is -0.674. The summed E-state index contributed by atoms with van der Waals surface area (Å²) in [6.45, 7) is -0.315. The van der Waals surface area contributed by atoms with Crippen LogP contribution in [0.1, 0.15) is 15.9 Å². The van der Waals surface area contributed by atoms with E-state index in [4.69, 9.17) is 4.74 Å².